The van der Waals surface area contributed by atoms with Crippen molar-refractivity contribution in [1.29, 1.82) is 0 Å². The number of aryl methyl sites for hydroxylation is 3. The van der Waals surface area contributed by atoms with Gasteiger partial charge in [0.25, 0.3) is 0 Å². The Kier molecular flexibility index (Phi) is 6.35. The molecule has 0 bridgehead atoms. The number of allylic oxidation sites excluding steroid dienone is 2. The molecule has 0 N–H and O–H groups in total. The fraction of sp³-hybridized carbons (Fsp3) is 0.125. The maximum absolute atomic E-state index is 6.54. The van der Waals surface area contributed by atoms with Gasteiger partial charge in [0.1, 0.15) is 23.1 Å². The first kappa shape index (κ1) is 27.0. The van der Waals surface area contributed by atoms with Crippen LogP contribution in [-0.2, 0) is 0 Å². The van der Waals surface area contributed by atoms with Crippen LogP contribution in [0.1, 0.15) is 22.3 Å². The van der Waals surface area contributed by atoms with Gasteiger partial charge in [0.2, 0.25) is 0 Å². The summed E-state index contributed by atoms with van der Waals surface area (Å²) >= 11 is 0. The number of benzene rings is 4. The molecule has 4 heterocycles. The lowest BCUT2D eigenvalue weighted by atomic mass is 9.94. The topological polar surface area (TPSA) is 33.5 Å². The number of para-hydroxylation sites is 1. The standard InChI is InChI=1S/C40H34N4O/c1-26-20-27(2)40(28(3)21-26)30-17-18-41-38(23-30)44-35-13-6-5-12-33(35)34-16-15-32(24-36(34)44)45-31-11-9-10-29(22-31)37-25-43-19-8-7-14-39(43)42(37)4/h5-18,20-25H,19H2,1-4H3. The van der Waals surface area contributed by atoms with E-state index in [1.807, 2.05) is 12.3 Å². The largest absolute Gasteiger partial charge is 0.457 e. The molecule has 6 aromatic rings. The normalized spacial score (nSPS) is 14.2. The lowest BCUT2D eigenvalue weighted by Gasteiger charge is -2.24. The first-order chi connectivity index (χ1) is 21.9. The third kappa shape index (κ3) is 4.59. The second-order valence-corrected chi connectivity index (χ2v) is 12.0. The summed E-state index contributed by atoms with van der Waals surface area (Å²) < 4.78 is 8.80. The van der Waals surface area contributed by atoms with Gasteiger partial charge in [-0.05, 0) is 91.6 Å². The highest BCUT2D eigenvalue weighted by molar-refractivity contribution is 6.09. The lowest BCUT2D eigenvalue weighted by Crippen LogP contribution is -2.22. The Morgan fingerprint density at radius 1 is 0.733 bits per heavy atom. The minimum absolute atomic E-state index is 0.781. The predicted molar refractivity (Wildman–Crippen MR) is 184 cm³/mol. The van der Waals surface area contributed by atoms with Crippen LogP contribution < -0.4 is 4.74 Å². The molecule has 8 rings (SSSR count). The molecule has 2 aromatic heterocycles. The van der Waals surface area contributed by atoms with Crippen LogP contribution in [0.4, 0.5) is 0 Å². The summed E-state index contributed by atoms with van der Waals surface area (Å²) in [5.41, 5.74) is 10.7. The molecule has 0 fully saturated rings. The number of rotatable bonds is 5. The first-order valence-corrected chi connectivity index (χ1v) is 15.4. The number of hydrogen-bond acceptors (Lipinski definition) is 4. The molecular formula is C40H34N4O. The summed E-state index contributed by atoms with van der Waals surface area (Å²) in [5, 5.41) is 2.35. The minimum atomic E-state index is 0.781. The van der Waals surface area contributed by atoms with Crippen LogP contribution in [-0.4, -0.2) is 32.9 Å². The average molecular weight is 587 g/mol. The monoisotopic (exact) mass is 586 g/mol. The number of aromatic nitrogens is 2. The molecular weight excluding hydrogens is 552 g/mol. The molecule has 0 spiro atoms. The molecule has 0 radical (unpaired) electrons. The summed E-state index contributed by atoms with van der Waals surface area (Å²) in [5.74, 6) is 3.64. The van der Waals surface area contributed by atoms with E-state index in [4.69, 9.17) is 9.72 Å². The maximum atomic E-state index is 6.54. The summed E-state index contributed by atoms with van der Waals surface area (Å²) in [6.07, 6.45) is 10.6. The molecule has 2 aliphatic heterocycles. The van der Waals surface area contributed by atoms with Crippen molar-refractivity contribution in [1.82, 2.24) is 19.4 Å². The molecule has 0 saturated heterocycles. The highest BCUT2D eigenvalue weighted by Crippen LogP contribution is 2.38. The van der Waals surface area contributed by atoms with Crippen LogP contribution in [0.15, 0.2) is 127 Å². The third-order valence-electron chi connectivity index (χ3n) is 8.91. The van der Waals surface area contributed by atoms with Crippen LogP contribution >= 0.6 is 0 Å². The van der Waals surface area contributed by atoms with E-state index >= 15 is 0 Å². The number of pyridine rings is 1. The zero-order valence-electron chi connectivity index (χ0n) is 26.0. The number of hydrogen-bond donors (Lipinski definition) is 0. The molecule has 5 heteroatoms. The van der Waals surface area contributed by atoms with Crippen molar-refractivity contribution in [3.8, 4) is 28.4 Å². The highest BCUT2D eigenvalue weighted by atomic mass is 16.5. The Labute approximate surface area is 263 Å². The summed E-state index contributed by atoms with van der Waals surface area (Å²) in [7, 11) is 2.11. The molecule has 4 aromatic carbocycles. The second kappa shape index (κ2) is 10.6. The van der Waals surface area contributed by atoms with Gasteiger partial charge in [-0.15, -0.1) is 0 Å². The lowest BCUT2D eigenvalue weighted by molar-refractivity contribution is 0.422. The molecule has 0 saturated carbocycles. The van der Waals surface area contributed by atoms with Gasteiger partial charge in [-0.25, -0.2) is 4.98 Å². The van der Waals surface area contributed by atoms with Gasteiger partial charge in [0.05, 0.1) is 16.7 Å². The van der Waals surface area contributed by atoms with Crippen molar-refractivity contribution in [2.24, 2.45) is 0 Å². The van der Waals surface area contributed by atoms with E-state index in [2.05, 4.69) is 152 Å². The summed E-state index contributed by atoms with van der Waals surface area (Å²) in [4.78, 5) is 9.38. The van der Waals surface area contributed by atoms with Gasteiger partial charge in [-0.1, -0.05) is 60.2 Å². The van der Waals surface area contributed by atoms with E-state index in [1.165, 1.54) is 39.0 Å². The Morgan fingerprint density at radius 2 is 1.53 bits per heavy atom. The van der Waals surface area contributed by atoms with E-state index in [-0.39, 0.29) is 0 Å². The highest BCUT2D eigenvalue weighted by Gasteiger charge is 2.25. The molecule has 220 valence electrons. The maximum Gasteiger partial charge on any atom is 0.138 e. The Bertz CT molecular complexity index is 2210. The van der Waals surface area contributed by atoms with Crippen molar-refractivity contribution in [2.45, 2.75) is 20.8 Å². The number of fused-ring (bicyclic) bond motifs is 4. The zero-order chi connectivity index (χ0) is 30.7. The first-order valence-electron chi connectivity index (χ1n) is 15.4. The van der Waals surface area contributed by atoms with Gasteiger partial charge >= 0.3 is 0 Å². The second-order valence-electron chi connectivity index (χ2n) is 12.0. The fourth-order valence-corrected chi connectivity index (χ4v) is 7.01. The predicted octanol–water partition coefficient (Wildman–Crippen LogP) is 9.52. The van der Waals surface area contributed by atoms with Crippen molar-refractivity contribution in [3.05, 3.63) is 150 Å². The fourth-order valence-electron chi connectivity index (χ4n) is 7.01. The van der Waals surface area contributed by atoms with E-state index < -0.39 is 0 Å². The van der Waals surface area contributed by atoms with Gasteiger partial charge in [-0.3, -0.25) is 4.57 Å². The molecule has 2 aliphatic rings. The SMILES string of the molecule is Cc1cc(C)c(-c2ccnc(-n3c4ccccc4c4ccc(Oc5cccc(C6=CN7CC=CC=C7N6C)c5)cc43)c2)c(C)c1. The van der Waals surface area contributed by atoms with Crippen LogP contribution in [0.3, 0.4) is 0 Å². The van der Waals surface area contributed by atoms with E-state index in [9.17, 15) is 0 Å². The number of ether oxygens (including phenoxy) is 1. The Hall–Kier alpha value is -5.55. The molecule has 5 nitrogen and oxygen atoms in total. The molecule has 0 atom stereocenters. The van der Waals surface area contributed by atoms with Gasteiger partial charge in [0.15, 0.2) is 0 Å². The summed E-state index contributed by atoms with van der Waals surface area (Å²) in [6, 6.07) is 32.0. The van der Waals surface area contributed by atoms with Crippen LogP contribution in [0, 0.1) is 20.8 Å². The Balaban J connectivity index is 1.20. The summed E-state index contributed by atoms with van der Waals surface area (Å²) in [6.45, 7) is 7.41. The average Bonchev–Trinajstić information content (AvgIpc) is 3.55. The zero-order valence-corrected chi connectivity index (χ0v) is 26.0. The van der Waals surface area contributed by atoms with Crippen LogP contribution in [0.5, 0.6) is 11.5 Å². The van der Waals surface area contributed by atoms with E-state index in [0.717, 1.165) is 51.5 Å². The minimum Gasteiger partial charge on any atom is -0.457 e. The third-order valence-corrected chi connectivity index (χ3v) is 8.91. The quantitative estimate of drug-likeness (QED) is 0.201. The van der Waals surface area contributed by atoms with E-state index in [1.54, 1.807) is 0 Å². The van der Waals surface area contributed by atoms with Crippen LogP contribution in [0.2, 0.25) is 0 Å². The van der Waals surface area contributed by atoms with Gasteiger partial charge in [-0.2, -0.15) is 0 Å². The molecule has 0 amide bonds. The number of nitrogens with zero attached hydrogens (tertiary/aromatic N) is 4. The molecule has 0 unspecified atom stereocenters. The molecule has 45 heavy (non-hydrogen) atoms. The van der Waals surface area contributed by atoms with E-state index in [0.29, 0.717) is 0 Å². The van der Waals surface area contributed by atoms with Crippen molar-refractivity contribution in [3.63, 3.8) is 0 Å². The smallest absolute Gasteiger partial charge is 0.138 e. The Morgan fingerprint density at radius 3 is 2.38 bits per heavy atom. The molecule has 0 aliphatic carbocycles. The van der Waals surface area contributed by atoms with Crippen molar-refractivity contribution in [2.75, 3.05) is 13.6 Å². The van der Waals surface area contributed by atoms with Crippen molar-refractivity contribution < 1.29 is 4.74 Å². The van der Waals surface area contributed by atoms with Gasteiger partial charge < -0.3 is 14.5 Å². The van der Waals surface area contributed by atoms with Crippen molar-refractivity contribution >= 4 is 27.5 Å². The van der Waals surface area contributed by atoms with Gasteiger partial charge in [0, 0.05) is 48.4 Å². The van der Waals surface area contributed by atoms with Crippen LogP contribution in [0.25, 0.3) is 44.4 Å².